The van der Waals surface area contributed by atoms with Crippen molar-refractivity contribution in [2.24, 2.45) is 5.92 Å². The predicted octanol–water partition coefficient (Wildman–Crippen LogP) is 3.54. The van der Waals surface area contributed by atoms with Crippen LogP contribution in [0.3, 0.4) is 0 Å². The van der Waals surface area contributed by atoms with E-state index in [1.54, 1.807) is 13.2 Å². The van der Waals surface area contributed by atoms with E-state index in [0.29, 0.717) is 6.54 Å². The number of ether oxygens (including phenoxy) is 1. The molecule has 0 spiro atoms. The molecule has 0 aliphatic carbocycles. The van der Waals surface area contributed by atoms with Crippen molar-refractivity contribution in [2.45, 2.75) is 38.8 Å². The zero-order chi connectivity index (χ0) is 23.1. The first-order chi connectivity index (χ1) is 15.4. The minimum absolute atomic E-state index is 0.0346. The normalized spacial score (nSPS) is 15.9. The molecule has 1 aliphatic rings. The fraction of sp³-hybridized carbons (Fsp3) is 0.440. The number of likely N-dealkylation sites (tertiary alicyclic amines) is 1. The first-order valence-corrected chi connectivity index (χ1v) is 11.1. The second kappa shape index (κ2) is 11.1. The lowest BCUT2D eigenvalue weighted by molar-refractivity contribution is -0.124. The highest BCUT2D eigenvalue weighted by Crippen LogP contribution is 2.31. The summed E-state index contributed by atoms with van der Waals surface area (Å²) in [6.07, 6.45) is 2.24. The van der Waals surface area contributed by atoms with E-state index in [1.165, 1.54) is 18.2 Å². The summed E-state index contributed by atoms with van der Waals surface area (Å²) < 4.78 is 19.6. The van der Waals surface area contributed by atoms with Gasteiger partial charge in [-0.25, -0.2) is 4.39 Å². The van der Waals surface area contributed by atoms with Gasteiger partial charge in [0.2, 0.25) is 5.91 Å². The van der Waals surface area contributed by atoms with E-state index in [2.05, 4.69) is 15.5 Å². The number of hydrogen-bond donors (Lipinski definition) is 2. The van der Waals surface area contributed by atoms with Gasteiger partial charge in [0, 0.05) is 12.1 Å². The number of carbonyl (C=O) groups excluding carboxylic acids is 2. The van der Waals surface area contributed by atoms with Crippen molar-refractivity contribution in [3.8, 4) is 5.75 Å². The molecule has 172 valence electrons. The molecule has 2 amide bonds. The number of halogens is 1. The van der Waals surface area contributed by atoms with Crippen LogP contribution in [0, 0.1) is 11.7 Å². The van der Waals surface area contributed by atoms with E-state index in [-0.39, 0.29) is 23.4 Å². The Hall–Kier alpha value is -2.93. The Morgan fingerprint density at radius 1 is 1.06 bits per heavy atom. The zero-order valence-corrected chi connectivity index (χ0v) is 18.9. The molecule has 1 saturated heterocycles. The maximum Gasteiger partial charge on any atom is 0.254 e. The second-order valence-corrected chi connectivity index (χ2v) is 8.42. The van der Waals surface area contributed by atoms with Crippen LogP contribution in [0.25, 0.3) is 0 Å². The molecule has 0 radical (unpaired) electrons. The van der Waals surface area contributed by atoms with E-state index < -0.39 is 17.8 Å². The third-order valence-corrected chi connectivity index (χ3v) is 5.90. The molecule has 2 N–H and O–H groups in total. The Bertz CT molecular complexity index is 928. The molecule has 0 aromatic heterocycles. The van der Waals surface area contributed by atoms with Gasteiger partial charge >= 0.3 is 0 Å². The van der Waals surface area contributed by atoms with Crippen LogP contribution in [0.1, 0.15) is 48.7 Å². The number of nitrogens with one attached hydrogen (secondary N) is 2. The molecule has 2 aromatic rings. The van der Waals surface area contributed by atoms with Crippen molar-refractivity contribution in [1.82, 2.24) is 15.5 Å². The number of carbonyl (C=O) groups is 2. The lowest BCUT2D eigenvalue weighted by Gasteiger charge is -2.30. The average molecular weight is 442 g/mol. The number of hydrogen-bond acceptors (Lipinski definition) is 4. The summed E-state index contributed by atoms with van der Waals surface area (Å²) in [5.41, 5.74) is 0.948. The SMILES string of the molecule is COc1ccccc1[C@@H](CNC(=O)[C@H](NC(=O)c1ccccc1F)C(C)C)N1CCCC1. The second-order valence-electron chi connectivity index (χ2n) is 8.42. The molecular weight excluding hydrogens is 409 g/mol. The van der Waals surface area contributed by atoms with Crippen LogP contribution in [-0.2, 0) is 4.79 Å². The fourth-order valence-electron chi connectivity index (χ4n) is 4.14. The third kappa shape index (κ3) is 5.65. The number of nitrogens with zero attached hydrogens (tertiary/aromatic N) is 1. The average Bonchev–Trinajstić information content (AvgIpc) is 3.32. The van der Waals surface area contributed by atoms with Crippen molar-refractivity contribution in [3.63, 3.8) is 0 Å². The number of methoxy groups -OCH3 is 1. The molecule has 2 aromatic carbocycles. The maximum atomic E-state index is 14.0. The van der Waals surface area contributed by atoms with E-state index >= 15 is 0 Å². The largest absolute Gasteiger partial charge is 0.496 e. The van der Waals surface area contributed by atoms with E-state index in [4.69, 9.17) is 4.74 Å². The first-order valence-electron chi connectivity index (χ1n) is 11.1. The van der Waals surface area contributed by atoms with Crippen LogP contribution in [0.5, 0.6) is 5.75 Å². The van der Waals surface area contributed by atoms with Gasteiger partial charge in [0.25, 0.3) is 5.91 Å². The fourth-order valence-corrected chi connectivity index (χ4v) is 4.14. The van der Waals surface area contributed by atoms with Gasteiger partial charge in [-0.15, -0.1) is 0 Å². The highest BCUT2D eigenvalue weighted by Gasteiger charge is 2.29. The van der Waals surface area contributed by atoms with Crippen molar-refractivity contribution in [2.75, 3.05) is 26.7 Å². The summed E-state index contributed by atoms with van der Waals surface area (Å²) in [6.45, 7) is 6.00. The number of rotatable bonds is 9. The van der Waals surface area contributed by atoms with Gasteiger partial charge in [-0.2, -0.15) is 0 Å². The number of benzene rings is 2. The Morgan fingerprint density at radius 3 is 2.38 bits per heavy atom. The van der Waals surface area contributed by atoms with Crippen LogP contribution in [0.4, 0.5) is 4.39 Å². The Labute approximate surface area is 189 Å². The van der Waals surface area contributed by atoms with Crippen LogP contribution >= 0.6 is 0 Å². The molecule has 1 heterocycles. The van der Waals surface area contributed by atoms with E-state index in [0.717, 1.165) is 37.2 Å². The molecule has 7 heteroatoms. The molecular formula is C25H32FN3O3. The number of para-hydroxylation sites is 1. The maximum absolute atomic E-state index is 14.0. The van der Waals surface area contributed by atoms with E-state index in [1.807, 2.05) is 38.1 Å². The topological polar surface area (TPSA) is 70.7 Å². The summed E-state index contributed by atoms with van der Waals surface area (Å²) in [4.78, 5) is 28.0. The van der Waals surface area contributed by atoms with Gasteiger partial charge in [0.15, 0.2) is 0 Å². The third-order valence-electron chi connectivity index (χ3n) is 5.90. The minimum Gasteiger partial charge on any atom is -0.496 e. The van der Waals surface area contributed by atoms with Crippen molar-refractivity contribution in [3.05, 3.63) is 65.5 Å². The lowest BCUT2D eigenvalue weighted by Crippen LogP contribution is -2.51. The molecule has 0 unspecified atom stereocenters. The predicted molar refractivity (Wildman–Crippen MR) is 122 cm³/mol. The molecule has 3 rings (SSSR count). The summed E-state index contributed by atoms with van der Waals surface area (Å²) >= 11 is 0. The Balaban J connectivity index is 1.73. The molecule has 0 bridgehead atoms. The molecule has 6 nitrogen and oxygen atoms in total. The Kier molecular flexibility index (Phi) is 8.22. The van der Waals surface area contributed by atoms with Gasteiger partial charge in [0.1, 0.15) is 17.6 Å². The summed E-state index contributed by atoms with van der Waals surface area (Å²) in [7, 11) is 1.64. The van der Waals surface area contributed by atoms with Crippen molar-refractivity contribution < 1.29 is 18.7 Å². The van der Waals surface area contributed by atoms with Gasteiger partial charge in [-0.3, -0.25) is 14.5 Å². The summed E-state index contributed by atoms with van der Waals surface area (Å²) in [5, 5.41) is 5.72. The van der Waals surface area contributed by atoms with Crippen LogP contribution in [0.2, 0.25) is 0 Å². The highest BCUT2D eigenvalue weighted by atomic mass is 19.1. The van der Waals surface area contributed by atoms with Crippen LogP contribution < -0.4 is 15.4 Å². The monoisotopic (exact) mass is 441 g/mol. The number of amides is 2. The van der Waals surface area contributed by atoms with Gasteiger partial charge in [-0.1, -0.05) is 44.2 Å². The quantitative estimate of drug-likeness (QED) is 0.625. The molecule has 1 fully saturated rings. The minimum atomic E-state index is -0.779. The van der Waals surface area contributed by atoms with Gasteiger partial charge < -0.3 is 15.4 Å². The molecule has 32 heavy (non-hydrogen) atoms. The summed E-state index contributed by atoms with van der Waals surface area (Å²) in [5.74, 6) is -0.881. The lowest BCUT2D eigenvalue weighted by atomic mass is 10.0. The van der Waals surface area contributed by atoms with Crippen LogP contribution in [0.15, 0.2) is 48.5 Å². The highest BCUT2D eigenvalue weighted by molar-refractivity contribution is 5.97. The van der Waals surface area contributed by atoms with Crippen molar-refractivity contribution >= 4 is 11.8 Å². The molecule has 2 atom stereocenters. The Morgan fingerprint density at radius 2 is 1.72 bits per heavy atom. The zero-order valence-electron chi connectivity index (χ0n) is 18.9. The molecule has 1 aliphatic heterocycles. The van der Waals surface area contributed by atoms with E-state index in [9.17, 15) is 14.0 Å². The van der Waals surface area contributed by atoms with Crippen molar-refractivity contribution in [1.29, 1.82) is 0 Å². The van der Waals surface area contributed by atoms with Gasteiger partial charge in [-0.05, 0) is 50.0 Å². The molecule has 0 saturated carbocycles. The van der Waals surface area contributed by atoms with Gasteiger partial charge in [0.05, 0.1) is 18.7 Å². The summed E-state index contributed by atoms with van der Waals surface area (Å²) in [6, 6.07) is 12.8. The smallest absolute Gasteiger partial charge is 0.254 e. The standard InChI is InChI=1S/C25H32FN3O3/c1-17(2)23(28-24(30)18-10-4-6-12-20(18)26)25(31)27-16-21(29-14-8-9-15-29)19-11-5-7-13-22(19)32-3/h4-7,10-13,17,21,23H,8-9,14-16H2,1-3H3,(H,27,31)(H,28,30)/t21-,23-/m1/s1. The first kappa shape index (κ1) is 23.7. The van der Waals surface area contributed by atoms with Crippen LogP contribution in [-0.4, -0.2) is 49.5 Å².